The van der Waals surface area contributed by atoms with Crippen molar-refractivity contribution in [1.82, 2.24) is 4.31 Å². The summed E-state index contributed by atoms with van der Waals surface area (Å²) in [6.45, 7) is 5.71. The van der Waals surface area contributed by atoms with Crippen molar-refractivity contribution in [3.05, 3.63) is 15.8 Å². The van der Waals surface area contributed by atoms with Crippen LogP contribution >= 0.6 is 11.3 Å². The second-order valence-corrected chi connectivity index (χ2v) is 8.35. The Morgan fingerprint density at radius 3 is 2.62 bits per heavy atom. The molecule has 1 aliphatic heterocycles. The lowest BCUT2D eigenvalue weighted by molar-refractivity contribution is -0.142. The number of sulfonamides is 1. The predicted molar refractivity (Wildman–Crippen MR) is 79.1 cm³/mol. The minimum absolute atomic E-state index is 0.0493. The number of hydrogen-bond acceptors (Lipinski definition) is 5. The molecule has 0 bridgehead atoms. The van der Waals surface area contributed by atoms with E-state index in [9.17, 15) is 18.3 Å². The van der Waals surface area contributed by atoms with E-state index in [0.717, 1.165) is 9.75 Å². The van der Waals surface area contributed by atoms with Gasteiger partial charge in [0.15, 0.2) is 0 Å². The summed E-state index contributed by atoms with van der Waals surface area (Å²) in [6, 6.07) is 0.987. The van der Waals surface area contributed by atoms with Gasteiger partial charge < -0.3 is 9.84 Å². The van der Waals surface area contributed by atoms with Crippen LogP contribution in [0.4, 0.5) is 0 Å². The molecule has 0 saturated carbocycles. The third kappa shape index (κ3) is 2.98. The van der Waals surface area contributed by atoms with Crippen molar-refractivity contribution in [1.29, 1.82) is 0 Å². The van der Waals surface area contributed by atoms with E-state index >= 15 is 0 Å². The smallest absolute Gasteiger partial charge is 0.310 e. The largest absolute Gasteiger partial charge is 0.481 e. The van der Waals surface area contributed by atoms with Gasteiger partial charge in [0.25, 0.3) is 0 Å². The van der Waals surface area contributed by atoms with Crippen LogP contribution in [0.15, 0.2) is 11.0 Å². The molecule has 0 spiro atoms. The molecule has 21 heavy (non-hydrogen) atoms. The van der Waals surface area contributed by atoms with Crippen molar-refractivity contribution >= 4 is 27.3 Å². The number of aliphatic carboxylic acids is 1. The van der Waals surface area contributed by atoms with Gasteiger partial charge in [-0.25, -0.2) is 8.42 Å². The van der Waals surface area contributed by atoms with E-state index in [1.54, 1.807) is 19.9 Å². The minimum atomic E-state index is -3.71. The first-order valence-electron chi connectivity index (χ1n) is 6.68. The number of carboxylic acid groups (broad SMARTS) is 1. The van der Waals surface area contributed by atoms with Crippen LogP contribution in [0.1, 0.15) is 16.7 Å². The zero-order valence-electron chi connectivity index (χ0n) is 12.2. The highest BCUT2D eigenvalue weighted by Gasteiger charge is 2.43. The Morgan fingerprint density at radius 1 is 1.48 bits per heavy atom. The Balaban J connectivity index is 2.40. The molecule has 1 fully saturated rings. The molecule has 0 aromatic carbocycles. The fraction of sp³-hybridized carbons (Fsp3) is 0.615. The Hall–Kier alpha value is -0.960. The Morgan fingerprint density at radius 2 is 2.14 bits per heavy atom. The maximum absolute atomic E-state index is 12.8. The average Bonchev–Trinajstić information content (AvgIpc) is 2.97. The van der Waals surface area contributed by atoms with E-state index < -0.39 is 28.0 Å². The quantitative estimate of drug-likeness (QED) is 0.882. The molecule has 6 nitrogen and oxygen atoms in total. The molecule has 1 aromatic rings. The highest BCUT2D eigenvalue weighted by molar-refractivity contribution is 7.89. The lowest BCUT2D eigenvalue weighted by Crippen LogP contribution is -2.46. The van der Waals surface area contributed by atoms with Gasteiger partial charge in [0, 0.05) is 16.3 Å². The van der Waals surface area contributed by atoms with Crippen LogP contribution in [0.2, 0.25) is 0 Å². The highest BCUT2D eigenvalue weighted by Crippen LogP contribution is 2.31. The van der Waals surface area contributed by atoms with E-state index in [1.165, 1.54) is 15.6 Å². The molecule has 0 aliphatic carbocycles. The lowest BCUT2D eigenvalue weighted by atomic mass is 10.0. The van der Waals surface area contributed by atoms with Gasteiger partial charge in [-0.15, -0.1) is 11.3 Å². The Labute approximate surface area is 128 Å². The van der Waals surface area contributed by atoms with Gasteiger partial charge in [-0.1, -0.05) is 6.92 Å². The Kier molecular flexibility index (Phi) is 4.72. The molecule has 1 N–H and O–H groups in total. The van der Waals surface area contributed by atoms with Crippen LogP contribution < -0.4 is 0 Å². The number of carboxylic acids is 1. The lowest BCUT2D eigenvalue weighted by Gasteiger charge is -2.28. The van der Waals surface area contributed by atoms with Gasteiger partial charge >= 0.3 is 5.97 Å². The van der Waals surface area contributed by atoms with E-state index in [2.05, 4.69) is 0 Å². The summed E-state index contributed by atoms with van der Waals surface area (Å²) >= 11 is 1.42. The van der Waals surface area contributed by atoms with Crippen molar-refractivity contribution in [2.45, 2.75) is 31.7 Å². The summed E-state index contributed by atoms with van der Waals surface area (Å²) in [5.41, 5.74) is 0. The molecule has 1 saturated heterocycles. The predicted octanol–water partition coefficient (Wildman–Crippen LogP) is 1.48. The highest BCUT2D eigenvalue weighted by atomic mass is 32.2. The summed E-state index contributed by atoms with van der Waals surface area (Å²) in [6.07, 6.45) is 0. The zero-order chi connectivity index (χ0) is 15.8. The molecule has 118 valence electrons. The summed E-state index contributed by atoms with van der Waals surface area (Å²) in [7, 11) is -3.71. The van der Waals surface area contributed by atoms with Crippen molar-refractivity contribution in [3.63, 3.8) is 0 Å². The molecule has 2 unspecified atom stereocenters. The minimum Gasteiger partial charge on any atom is -0.481 e. The van der Waals surface area contributed by atoms with Crippen LogP contribution in [0.5, 0.6) is 0 Å². The molecule has 2 rings (SSSR count). The van der Waals surface area contributed by atoms with E-state index in [4.69, 9.17) is 4.74 Å². The van der Waals surface area contributed by atoms with Gasteiger partial charge in [-0.2, -0.15) is 4.31 Å². The first-order valence-corrected chi connectivity index (χ1v) is 8.94. The summed E-state index contributed by atoms with van der Waals surface area (Å²) in [5, 5.41) is 9.22. The third-order valence-corrected chi connectivity index (χ3v) is 6.85. The van der Waals surface area contributed by atoms with Crippen molar-refractivity contribution in [2.75, 3.05) is 19.8 Å². The molecule has 0 amide bonds. The number of likely N-dealkylation sites (N-methyl/N-ethyl adjacent to an activating group) is 1. The first kappa shape index (κ1) is 16.4. The number of rotatable bonds is 5. The van der Waals surface area contributed by atoms with E-state index in [-0.39, 0.29) is 24.7 Å². The SMILES string of the molecule is CCN(C1COCC1C(=O)O)S(=O)(=O)c1cc(C)sc1C. The van der Waals surface area contributed by atoms with E-state index in [1.807, 2.05) is 6.92 Å². The molecular weight excluding hydrogens is 314 g/mol. The maximum Gasteiger partial charge on any atom is 0.310 e. The number of aryl methyl sites for hydroxylation is 2. The number of carbonyl (C=O) groups is 1. The number of thiophene rings is 1. The summed E-state index contributed by atoms with van der Waals surface area (Å²) in [5.74, 6) is -1.84. The molecule has 2 atom stereocenters. The Bertz CT molecular complexity index is 637. The number of ether oxygens (including phenoxy) is 1. The summed E-state index contributed by atoms with van der Waals surface area (Å²) in [4.78, 5) is 13.2. The molecular formula is C13H19NO5S2. The van der Waals surface area contributed by atoms with Crippen LogP contribution in [-0.2, 0) is 19.6 Å². The normalized spacial score (nSPS) is 22.9. The van der Waals surface area contributed by atoms with E-state index in [0.29, 0.717) is 0 Å². The van der Waals surface area contributed by atoms with Gasteiger partial charge in [0.2, 0.25) is 10.0 Å². The van der Waals surface area contributed by atoms with Crippen molar-refractivity contribution < 1.29 is 23.1 Å². The topological polar surface area (TPSA) is 83.9 Å². The summed E-state index contributed by atoms with van der Waals surface area (Å²) < 4.78 is 32.1. The molecule has 8 heteroatoms. The standard InChI is InChI=1S/C13H19NO5S2/c1-4-14(11-7-19-6-10(11)13(15)16)21(17,18)12-5-8(2)20-9(12)3/h5,10-11H,4,6-7H2,1-3H3,(H,15,16). The van der Waals surface area contributed by atoms with Crippen LogP contribution in [0.3, 0.4) is 0 Å². The van der Waals surface area contributed by atoms with Crippen LogP contribution in [0, 0.1) is 19.8 Å². The van der Waals surface area contributed by atoms with Gasteiger partial charge in [0.1, 0.15) is 0 Å². The fourth-order valence-electron chi connectivity index (χ4n) is 2.64. The molecule has 2 heterocycles. The molecule has 1 aromatic heterocycles. The van der Waals surface area contributed by atoms with Crippen LogP contribution in [-0.4, -0.2) is 49.6 Å². The second-order valence-electron chi connectivity index (χ2n) is 5.04. The van der Waals surface area contributed by atoms with Gasteiger partial charge in [-0.05, 0) is 19.9 Å². The maximum atomic E-state index is 12.8. The second kappa shape index (κ2) is 6.04. The third-order valence-electron chi connectivity index (χ3n) is 3.63. The van der Waals surface area contributed by atoms with Crippen molar-refractivity contribution in [3.8, 4) is 0 Å². The van der Waals surface area contributed by atoms with Gasteiger partial charge in [-0.3, -0.25) is 4.79 Å². The first-order chi connectivity index (χ1) is 9.78. The average molecular weight is 333 g/mol. The molecule has 1 aliphatic rings. The fourth-order valence-corrected chi connectivity index (χ4v) is 5.82. The zero-order valence-corrected chi connectivity index (χ0v) is 13.8. The number of hydrogen-bond donors (Lipinski definition) is 1. The monoisotopic (exact) mass is 333 g/mol. The molecule has 0 radical (unpaired) electrons. The van der Waals surface area contributed by atoms with Crippen LogP contribution in [0.25, 0.3) is 0 Å². The van der Waals surface area contributed by atoms with Gasteiger partial charge in [0.05, 0.1) is 30.1 Å². The van der Waals surface area contributed by atoms with Crippen molar-refractivity contribution in [2.24, 2.45) is 5.92 Å². The number of nitrogens with zero attached hydrogens (tertiary/aromatic N) is 1.